The summed E-state index contributed by atoms with van der Waals surface area (Å²) in [5.41, 5.74) is 0.923. The molecule has 0 heterocycles. The van der Waals surface area contributed by atoms with Crippen molar-refractivity contribution in [1.29, 1.82) is 0 Å². The van der Waals surface area contributed by atoms with Crippen LogP contribution in [0.1, 0.15) is 0 Å². The van der Waals surface area contributed by atoms with Gasteiger partial charge in [-0.05, 0) is 24.3 Å². The third-order valence-corrected chi connectivity index (χ3v) is 2.27. The normalized spacial score (nSPS) is 9.40. The monoisotopic (exact) mass is 268 g/mol. The number of carbonyl (C=O) groups excluding carboxylic acids is 1. The van der Waals surface area contributed by atoms with Crippen LogP contribution in [-0.4, -0.2) is 19.0 Å². The highest BCUT2D eigenvalue weighted by Gasteiger charge is 1.98. The van der Waals surface area contributed by atoms with Crippen molar-refractivity contribution in [3.63, 3.8) is 0 Å². The van der Waals surface area contributed by atoms with Gasteiger partial charge < -0.3 is 10.6 Å². The molecule has 0 saturated carbocycles. The first-order chi connectivity index (χ1) is 7.22. The van der Waals surface area contributed by atoms with Gasteiger partial charge >= 0.3 is 0 Å². The summed E-state index contributed by atoms with van der Waals surface area (Å²) >= 11 is 3.34. The Labute approximate surface area is 97.7 Å². The van der Waals surface area contributed by atoms with Crippen LogP contribution in [0.15, 0.2) is 41.4 Å². The quantitative estimate of drug-likeness (QED) is 0.804. The van der Waals surface area contributed by atoms with Gasteiger partial charge in [-0.15, -0.1) is 6.58 Å². The van der Waals surface area contributed by atoms with Crippen molar-refractivity contribution in [2.45, 2.75) is 0 Å². The fourth-order valence-electron chi connectivity index (χ4n) is 0.999. The summed E-state index contributed by atoms with van der Waals surface area (Å²) < 4.78 is 1.02. The maximum absolute atomic E-state index is 11.2. The molecule has 4 heteroatoms. The number of carbonyl (C=O) groups is 1. The zero-order valence-corrected chi connectivity index (χ0v) is 9.88. The van der Waals surface area contributed by atoms with Crippen molar-refractivity contribution in [1.82, 2.24) is 5.32 Å². The van der Waals surface area contributed by atoms with E-state index in [1.807, 2.05) is 24.3 Å². The lowest BCUT2D eigenvalue weighted by Crippen LogP contribution is -2.29. The molecule has 0 atom stereocenters. The van der Waals surface area contributed by atoms with E-state index in [4.69, 9.17) is 0 Å². The van der Waals surface area contributed by atoms with Gasteiger partial charge in [0.15, 0.2) is 0 Å². The molecule has 0 aliphatic rings. The topological polar surface area (TPSA) is 41.1 Å². The molecule has 1 aromatic carbocycles. The lowest BCUT2D eigenvalue weighted by atomic mass is 10.3. The molecule has 0 aliphatic heterocycles. The Morgan fingerprint density at radius 1 is 1.40 bits per heavy atom. The standard InChI is InChI=1S/C11H13BrN2O/c1-2-7-13-11(15)8-14-10-5-3-9(12)4-6-10/h2-6,14H,1,7-8H2,(H,13,15). The molecule has 0 fully saturated rings. The average Bonchev–Trinajstić information content (AvgIpc) is 2.25. The molecule has 0 aromatic heterocycles. The Hall–Kier alpha value is -1.29. The number of halogens is 1. The molecule has 15 heavy (non-hydrogen) atoms. The molecular formula is C11H13BrN2O. The predicted molar refractivity (Wildman–Crippen MR) is 65.8 cm³/mol. The number of benzene rings is 1. The van der Waals surface area contributed by atoms with E-state index in [1.165, 1.54) is 0 Å². The summed E-state index contributed by atoms with van der Waals surface area (Å²) in [5, 5.41) is 5.70. The minimum Gasteiger partial charge on any atom is -0.376 e. The smallest absolute Gasteiger partial charge is 0.239 e. The SMILES string of the molecule is C=CCNC(=O)CNc1ccc(Br)cc1. The summed E-state index contributed by atoms with van der Waals surface area (Å²) in [7, 11) is 0. The lowest BCUT2D eigenvalue weighted by molar-refractivity contribution is -0.119. The van der Waals surface area contributed by atoms with Gasteiger partial charge in [0.1, 0.15) is 0 Å². The molecule has 1 amide bonds. The number of amides is 1. The van der Waals surface area contributed by atoms with Crippen molar-refractivity contribution >= 4 is 27.5 Å². The molecule has 2 N–H and O–H groups in total. The van der Waals surface area contributed by atoms with Crippen LogP contribution in [0.5, 0.6) is 0 Å². The number of hydrogen-bond donors (Lipinski definition) is 2. The highest BCUT2D eigenvalue weighted by atomic mass is 79.9. The third-order valence-electron chi connectivity index (χ3n) is 1.74. The zero-order chi connectivity index (χ0) is 11.1. The molecule has 3 nitrogen and oxygen atoms in total. The van der Waals surface area contributed by atoms with Gasteiger partial charge in [0, 0.05) is 16.7 Å². The second kappa shape index (κ2) is 6.24. The maximum Gasteiger partial charge on any atom is 0.239 e. The molecule has 1 rings (SSSR count). The lowest BCUT2D eigenvalue weighted by Gasteiger charge is -2.06. The predicted octanol–water partition coefficient (Wildman–Crippen LogP) is 2.16. The van der Waals surface area contributed by atoms with Crippen molar-refractivity contribution in [3.05, 3.63) is 41.4 Å². The summed E-state index contributed by atoms with van der Waals surface area (Å²) in [6.45, 7) is 4.29. The van der Waals surface area contributed by atoms with Gasteiger partial charge in [-0.1, -0.05) is 22.0 Å². The van der Waals surface area contributed by atoms with E-state index in [0.717, 1.165) is 10.2 Å². The first-order valence-electron chi connectivity index (χ1n) is 4.59. The Balaban J connectivity index is 2.33. The summed E-state index contributed by atoms with van der Waals surface area (Å²) in [4.78, 5) is 11.2. The summed E-state index contributed by atoms with van der Waals surface area (Å²) in [5.74, 6) is -0.0437. The Morgan fingerprint density at radius 2 is 2.07 bits per heavy atom. The highest BCUT2D eigenvalue weighted by Crippen LogP contribution is 2.13. The van der Waals surface area contributed by atoms with Crippen LogP contribution >= 0.6 is 15.9 Å². The van der Waals surface area contributed by atoms with Crippen LogP contribution in [0.4, 0.5) is 5.69 Å². The molecule has 0 unspecified atom stereocenters. The zero-order valence-electron chi connectivity index (χ0n) is 8.29. The molecule has 80 valence electrons. The van der Waals surface area contributed by atoms with Crippen molar-refractivity contribution < 1.29 is 4.79 Å². The second-order valence-corrected chi connectivity index (χ2v) is 3.87. The minimum absolute atomic E-state index is 0.0437. The van der Waals surface area contributed by atoms with Crippen LogP contribution in [-0.2, 0) is 4.79 Å². The number of rotatable bonds is 5. The van der Waals surface area contributed by atoms with E-state index in [-0.39, 0.29) is 12.5 Å². The molecule has 0 saturated heterocycles. The van der Waals surface area contributed by atoms with E-state index in [2.05, 4.69) is 33.1 Å². The third kappa shape index (κ3) is 4.65. The Kier molecular flexibility index (Phi) is 4.90. The van der Waals surface area contributed by atoms with Gasteiger partial charge in [-0.25, -0.2) is 0 Å². The number of anilines is 1. The largest absolute Gasteiger partial charge is 0.376 e. The fourth-order valence-corrected chi connectivity index (χ4v) is 1.26. The van der Waals surface area contributed by atoms with Crippen molar-refractivity contribution in [2.24, 2.45) is 0 Å². The van der Waals surface area contributed by atoms with Gasteiger partial charge in [-0.2, -0.15) is 0 Å². The van der Waals surface area contributed by atoms with Crippen LogP contribution in [0.2, 0.25) is 0 Å². The number of hydrogen-bond acceptors (Lipinski definition) is 2. The Bertz CT molecular complexity index is 335. The Morgan fingerprint density at radius 3 is 2.67 bits per heavy atom. The highest BCUT2D eigenvalue weighted by molar-refractivity contribution is 9.10. The van der Waals surface area contributed by atoms with Crippen LogP contribution in [0.25, 0.3) is 0 Å². The van der Waals surface area contributed by atoms with Crippen molar-refractivity contribution in [2.75, 3.05) is 18.4 Å². The first-order valence-corrected chi connectivity index (χ1v) is 5.38. The second-order valence-electron chi connectivity index (χ2n) is 2.95. The minimum atomic E-state index is -0.0437. The van der Waals surface area contributed by atoms with Crippen LogP contribution < -0.4 is 10.6 Å². The average molecular weight is 269 g/mol. The van der Waals surface area contributed by atoms with E-state index < -0.39 is 0 Å². The van der Waals surface area contributed by atoms with Gasteiger partial charge in [0.25, 0.3) is 0 Å². The molecule has 0 bridgehead atoms. The molecular weight excluding hydrogens is 256 g/mol. The summed E-state index contributed by atoms with van der Waals surface area (Å²) in [6, 6.07) is 7.66. The van der Waals surface area contributed by atoms with Crippen LogP contribution in [0, 0.1) is 0 Å². The molecule has 0 aliphatic carbocycles. The fraction of sp³-hybridized carbons (Fsp3) is 0.182. The van der Waals surface area contributed by atoms with E-state index in [9.17, 15) is 4.79 Å². The van der Waals surface area contributed by atoms with E-state index in [0.29, 0.717) is 6.54 Å². The van der Waals surface area contributed by atoms with Crippen LogP contribution in [0.3, 0.4) is 0 Å². The summed E-state index contributed by atoms with van der Waals surface area (Å²) in [6.07, 6.45) is 1.65. The van der Waals surface area contributed by atoms with Crippen molar-refractivity contribution in [3.8, 4) is 0 Å². The van der Waals surface area contributed by atoms with E-state index >= 15 is 0 Å². The first kappa shape index (κ1) is 11.8. The molecule has 1 aromatic rings. The van der Waals surface area contributed by atoms with Gasteiger partial charge in [0.2, 0.25) is 5.91 Å². The van der Waals surface area contributed by atoms with Gasteiger partial charge in [-0.3, -0.25) is 4.79 Å². The molecule has 0 radical (unpaired) electrons. The number of nitrogens with one attached hydrogen (secondary N) is 2. The molecule has 0 spiro atoms. The van der Waals surface area contributed by atoms with E-state index in [1.54, 1.807) is 6.08 Å². The van der Waals surface area contributed by atoms with Gasteiger partial charge in [0.05, 0.1) is 6.54 Å². The maximum atomic E-state index is 11.2.